The minimum absolute atomic E-state index is 0.0227. The third-order valence-electron chi connectivity index (χ3n) is 3.01. The van der Waals surface area contributed by atoms with Crippen molar-refractivity contribution in [2.45, 2.75) is 12.8 Å². The highest BCUT2D eigenvalue weighted by molar-refractivity contribution is 6.30. The molecular formula is C15H13ClN2O3. The highest BCUT2D eigenvalue weighted by Gasteiger charge is 2.33. The highest BCUT2D eigenvalue weighted by atomic mass is 35.5. The number of nitrogens with zero attached hydrogens (tertiary/aromatic N) is 1. The maximum Gasteiger partial charge on any atom is 0.338 e. The molecule has 0 radical (unpaired) electrons. The zero-order valence-corrected chi connectivity index (χ0v) is 12.1. The standard InChI is InChI=1S/C15H13ClN2O3/c1-2-20-15(19)12-8-21-14(18)11(7-17)13(12)9-3-5-10(16)6-4-9/h3-6,8,13H,2,18H2,1H3. The molecule has 1 aliphatic heterocycles. The van der Waals surface area contributed by atoms with E-state index in [2.05, 4.69) is 0 Å². The van der Waals surface area contributed by atoms with Crippen LogP contribution in [0.2, 0.25) is 5.02 Å². The van der Waals surface area contributed by atoms with Gasteiger partial charge in [-0.15, -0.1) is 0 Å². The number of hydrogen-bond acceptors (Lipinski definition) is 5. The SMILES string of the molecule is CCOC(=O)C1=COC(N)=C(C#N)C1c1ccc(Cl)cc1. The van der Waals surface area contributed by atoms with E-state index in [-0.39, 0.29) is 23.6 Å². The first-order valence-corrected chi connectivity index (χ1v) is 6.65. The minimum Gasteiger partial charge on any atom is -0.463 e. The van der Waals surface area contributed by atoms with Crippen LogP contribution in [0, 0.1) is 11.3 Å². The summed E-state index contributed by atoms with van der Waals surface area (Å²) in [7, 11) is 0. The summed E-state index contributed by atoms with van der Waals surface area (Å²) in [6.07, 6.45) is 1.23. The molecule has 2 rings (SSSR count). The van der Waals surface area contributed by atoms with Crippen molar-refractivity contribution in [1.82, 2.24) is 0 Å². The molecule has 1 aromatic carbocycles. The Balaban J connectivity index is 2.49. The summed E-state index contributed by atoms with van der Waals surface area (Å²) in [6, 6.07) is 8.82. The van der Waals surface area contributed by atoms with Gasteiger partial charge in [-0.05, 0) is 24.6 Å². The molecule has 0 bridgehead atoms. The van der Waals surface area contributed by atoms with Gasteiger partial charge in [0.15, 0.2) is 0 Å². The summed E-state index contributed by atoms with van der Waals surface area (Å²) < 4.78 is 10.1. The lowest BCUT2D eigenvalue weighted by Gasteiger charge is -2.23. The average Bonchev–Trinajstić information content (AvgIpc) is 2.48. The lowest BCUT2D eigenvalue weighted by molar-refractivity contribution is -0.139. The molecule has 0 spiro atoms. The van der Waals surface area contributed by atoms with Gasteiger partial charge in [-0.3, -0.25) is 0 Å². The molecule has 0 amide bonds. The summed E-state index contributed by atoms with van der Waals surface area (Å²) >= 11 is 5.87. The Morgan fingerprint density at radius 2 is 2.14 bits per heavy atom. The van der Waals surface area contributed by atoms with Gasteiger partial charge in [0, 0.05) is 5.02 Å². The Labute approximate surface area is 127 Å². The Hall–Kier alpha value is -2.45. The number of hydrogen-bond donors (Lipinski definition) is 1. The molecule has 0 aromatic heterocycles. The van der Waals surface area contributed by atoms with Gasteiger partial charge in [0.25, 0.3) is 0 Å². The second-order valence-electron chi connectivity index (χ2n) is 4.29. The van der Waals surface area contributed by atoms with Crippen molar-refractivity contribution in [3.8, 4) is 6.07 Å². The van der Waals surface area contributed by atoms with Crippen LogP contribution in [0.5, 0.6) is 0 Å². The van der Waals surface area contributed by atoms with Gasteiger partial charge in [-0.2, -0.15) is 5.26 Å². The summed E-state index contributed by atoms with van der Waals surface area (Å²) in [5.74, 6) is -1.19. The van der Waals surface area contributed by atoms with Crippen LogP contribution in [-0.2, 0) is 14.3 Å². The van der Waals surface area contributed by atoms with Crippen molar-refractivity contribution < 1.29 is 14.3 Å². The highest BCUT2D eigenvalue weighted by Crippen LogP contribution is 2.37. The van der Waals surface area contributed by atoms with Crippen LogP contribution in [0.4, 0.5) is 0 Å². The number of benzene rings is 1. The van der Waals surface area contributed by atoms with E-state index in [1.807, 2.05) is 6.07 Å². The lowest BCUT2D eigenvalue weighted by Crippen LogP contribution is -2.23. The van der Waals surface area contributed by atoms with E-state index < -0.39 is 11.9 Å². The van der Waals surface area contributed by atoms with Crippen molar-refractivity contribution in [2.75, 3.05) is 6.61 Å². The monoisotopic (exact) mass is 304 g/mol. The number of carbonyl (C=O) groups is 1. The van der Waals surface area contributed by atoms with Crippen LogP contribution < -0.4 is 5.73 Å². The van der Waals surface area contributed by atoms with Gasteiger partial charge in [-0.1, -0.05) is 23.7 Å². The molecule has 0 fully saturated rings. The largest absolute Gasteiger partial charge is 0.463 e. The molecule has 0 aliphatic carbocycles. The number of halogens is 1. The lowest BCUT2D eigenvalue weighted by atomic mass is 9.84. The maximum absolute atomic E-state index is 12.0. The fraction of sp³-hybridized carbons (Fsp3) is 0.200. The van der Waals surface area contributed by atoms with E-state index in [9.17, 15) is 10.1 Å². The first-order valence-electron chi connectivity index (χ1n) is 6.27. The van der Waals surface area contributed by atoms with E-state index in [0.29, 0.717) is 10.6 Å². The molecule has 1 atom stereocenters. The Kier molecular flexibility index (Phi) is 4.51. The molecule has 21 heavy (non-hydrogen) atoms. The van der Waals surface area contributed by atoms with E-state index in [4.69, 9.17) is 26.8 Å². The van der Waals surface area contributed by atoms with Crippen LogP contribution in [0.1, 0.15) is 18.4 Å². The molecule has 0 saturated carbocycles. The zero-order chi connectivity index (χ0) is 15.4. The van der Waals surface area contributed by atoms with E-state index in [1.165, 1.54) is 6.26 Å². The maximum atomic E-state index is 12.0. The van der Waals surface area contributed by atoms with Gasteiger partial charge in [0.2, 0.25) is 5.88 Å². The smallest absolute Gasteiger partial charge is 0.338 e. The van der Waals surface area contributed by atoms with Crippen molar-refractivity contribution in [1.29, 1.82) is 5.26 Å². The normalized spacial score (nSPS) is 17.6. The predicted octanol–water partition coefficient (Wildman–Crippen LogP) is 2.59. The van der Waals surface area contributed by atoms with E-state index in [1.54, 1.807) is 31.2 Å². The molecule has 108 valence electrons. The number of allylic oxidation sites excluding steroid dienone is 1. The number of rotatable bonds is 3. The number of ether oxygens (including phenoxy) is 2. The quantitative estimate of drug-likeness (QED) is 0.867. The summed E-state index contributed by atoms with van der Waals surface area (Å²) in [6.45, 7) is 1.93. The number of esters is 1. The summed E-state index contributed by atoms with van der Waals surface area (Å²) in [5, 5.41) is 9.86. The molecule has 5 nitrogen and oxygen atoms in total. The molecule has 6 heteroatoms. The fourth-order valence-corrected chi connectivity index (χ4v) is 2.18. The first-order chi connectivity index (χ1) is 10.1. The first kappa shape index (κ1) is 14.9. The predicted molar refractivity (Wildman–Crippen MR) is 76.8 cm³/mol. The average molecular weight is 305 g/mol. The topological polar surface area (TPSA) is 85.3 Å². The van der Waals surface area contributed by atoms with Gasteiger partial charge >= 0.3 is 5.97 Å². The zero-order valence-electron chi connectivity index (χ0n) is 11.3. The Morgan fingerprint density at radius 3 is 2.71 bits per heavy atom. The number of nitriles is 1. The Morgan fingerprint density at radius 1 is 1.48 bits per heavy atom. The second kappa shape index (κ2) is 6.33. The molecule has 1 heterocycles. The third-order valence-corrected chi connectivity index (χ3v) is 3.26. The van der Waals surface area contributed by atoms with Crippen LogP contribution >= 0.6 is 11.6 Å². The van der Waals surface area contributed by atoms with Crippen molar-refractivity contribution in [3.63, 3.8) is 0 Å². The van der Waals surface area contributed by atoms with Gasteiger partial charge in [-0.25, -0.2) is 4.79 Å². The summed E-state index contributed by atoms with van der Waals surface area (Å²) in [5.41, 5.74) is 6.80. The molecule has 1 unspecified atom stereocenters. The molecule has 1 aromatic rings. The van der Waals surface area contributed by atoms with Crippen LogP contribution in [0.25, 0.3) is 0 Å². The molecular weight excluding hydrogens is 292 g/mol. The van der Waals surface area contributed by atoms with Crippen molar-refractivity contribution >= 4 is 17.6 Å². The van der Waals surface area contributed by atoms with Crippen LogP contribution in [-0.4, -0.2) is 12.6 Å². The minimum atomic E-state index is -0.625. The van der Waals surface area contributed by atoms with E-state index in [0.717, 1.165) is 0 Å². The van der Waals surface area contributed by atoms with Crippen molar-refractivity contribution in [3.05, 3.63) is 58.1 Å². The number of nitrogens with two attached hydrogens (primary N) is 1. The summed E-state index contributed by atoms with van der Waals surface area (Å²) in [4.78, 5) is 12.0. The third kappa shape index (κ3) is 3.01. The second-order valence-corrected chi connectivity index (χ2v) is 4.72. The van der Waals surface area contributed by atoms with Gasteiger partial charge < -0.3 is 15.2 Å². The van der Waals surface area contributed by atoms with E-state index >= 15 is 0 Å². The van der Waals surface area contributed by atoms with Crippen molar-refractivity contribution in [2.24, 2.45) is 5.73 Å². The molecule has 1 aliphatic rings. The number of carbonyl (C=O) groups excluding carboxylic acids is 1. The molecule has 2 N–H and O–H groups in total. The van der Waals surface area contributed by atoms with Crippen LogP contribution in [0.3, 0.4) is 0 Å². The van der Waals surface area contributed by atoms with Gasteiger partial charge in [0.05, 0.1) is 18.1 Å². The molecule has 0 saturated heterocycles. The van der Waals surface area contributed by atoms with Crippen LogP contribution in [0.15, 0.2) is 47.6 Å². The van der Waals surface area contributed by atoms with Gasteiger partial charge in [0.1, 0.15) is 17.9 Å². The Bertz CT molecular complexity index is 656. The fourth-order valence-electron chi connectivity index (χ4n) is 2.06.